The maximum atomic E-state index is 5.06. The molecule has 0 unspecified atom stereocenters. The molecule has 0 aliphatic heterocycles. The van der Waals surface area contributed by atoms with Gasteiger partial charge < -0.3 is 216 Å². The van der Waals surface area contributed by atoms with Gasteiger partial charge in [-0.25, -0.2) is 0 Å². The molecule has 29 heteroatoms. The number of nitrogens with two attached hydrogens (primary N) is 16. The normalized spacial score (nSPS) is 6.34. The predicted molar refractivity (Wildman–Crippen MR) is 199 cm³/mol. The fourth-order valence-electron chi connectivity index (χ4n) is 0.943. The van der Waals surface area contributed by atoms with E-state index in [0.717, 1.165) is 156 Å². The van der Waals surface area contributed by atoms with Gasteiger partial charge in [0.15, 0.2) is 0 Å². The molecule has 0 aromatic heterocycles. The molecule has 360 valence electrons. The number of hydrogen-bond acceptors (Lipinski definition) is 16. The second-order valence-corrected chi connectivity index (χ2v) is 7.45. The van der Waals surface area contributed by atoms with Crippen LogP contribution in [0.25, 0.3) is 0 Å². The zero-order valence-corrected chi connectivity index (χ0v) is 44.1. The van der Waals surface area contributed by atoms with Gasteiger partial charge in [-0.1, -0.05) is 0 Å². The van der Waals surface area contributed by atoms with E-state index in [9.17, 15) is 0 Å². The van der Waals surface area contributed by atoms with Crippen LogP contribution in [0.5, 0.6) is 0 Å². The molecule has 0 saturated carbocycles. The van der Waals surface area contributed by atoms with Crippen LogP contribution in [0.1, 0.15) is 51.4 Å². The van der Waals surface area contributed by atoms with Gasteiger partial charge in [0, 0.05) is 0 Å². The van der Waals surface area contributed by atoms with Crippen LogP contribution >= 0.6 is 0 Å². The average molecular weight is 1320 g/mol. The fourth-order valence-corrected chi connectivity index (χ4v) is 0.943. The van der Waals surface area contributed by atoms with Gasteiger partial charge in [-0.3, -0.25) is 0 Å². The van der Waals surface area contributed by atoms with Crippen molar-refractivity contribution in [1.82, 2.24) is 0 Å². The molecule has 0 heterocycles. The summed E-state index contributed by atoms with van der Waals surface area (Å²) in [5.74, 6) is 0. The van der Waals surface area contributed by atoms with Crippen molar-refractivity contribution in [1.29, 1.82) is 0 Å². The van der Waals surface area contributed by atoms with Crippen LogP contribution in [-0.2, 0) is 60.4 Å². The molecular formula is C24H90Br6N16Ni3O4+2. The third-order valence-electron chi connectivity index (χ3n) is 3.27. The molecule has 0 bridgehead atoms. The molecule has 20 nitrogen and oxygen atoms in total. The van der Waals surface area contributed by atoms with E-state index in [-0.39, 0.29) is 173 Å². The number of halogens is 6. The van der Waals surface area contributed by atoms with Crippen LogP contribution in [-0.4, -0.2) is 116 Å². The summed E-state index contributed by atoms with van der Waals surface area (Å²) in [6.07, 6.45) is 7.56. The van der Waals surface area contributed by atoms with Crippen molar-refractivity contribution < 1.29 is 173 Å². The van der Waals surface area contributed by atoms with E-state index in [2.05, 4.69) is 0 Å². The van der Waals surface area contributed by atoms with E-state index >= 15 is 0 Å². The molecule has 0 atom stereocenters. The van der Waals surface area contributed by atoms with Gasteiger partial charge >= 0.3 is 49.5 Å². The molecule has 0 fully saturated rings. The second-order valence-electron chi connectivity index (χ2n) is 7.45. The van der Waals surface area contributed by atoms with Crippen LogP contribution in [0.2, 0.25) is 0 Å². The third kappa shape index (κ3) is 417. The van der Waals surface area contributed by atoms with E-state index in [1.54, 1.807) is 0 Å². The molecule has 0 aliphatic carbocycles. The van der Waals surface area contributed by atoms with Crippen molar-refractivity contribution in [2.75, 3.05) is 105 Å². The van der Waals surface area contributed by atoms with Gasteiger partial charge in [0.25, 0.3) is 0 Å². The minimum absolute atomic E-state index is 0. The van der Waals surface area contributed by atoms with Crippen molar-refractivity contribution in [3.05, 3.63) is 0 Å². The van der Waals surface area contributed by atoms with Gasteiger partial charge in [-0.05, 0) is 156 Å². The summed E-state index contributed by atoms with van der Waals surface area (Å²) >= 11 is 0. The van der Waals surface area contributed by atoms with Crippen LogP contribution < -0.4 is 194 Å². The summed E-state index contributed by atoms with van der Waals surface area (Å²) in [5, 5.41) is 0. The molecule has 0 amide bonds. The second kappa shape index (κ2) is 218. The molecular weight excluding hydrogens is 1230 g/mol. The average Bonchev–Trinajstić information content (AvgIpc) is 2.95. The Hall–Kier alpha value is 3.56. The van der Waals surface area contributed by atoms with Gasteiger partial charge in [0.1, 0.15) is 0 Å². The quantitative estimate of drug-likeness (QED) is 0.0504. The first-order valence-electron chi connectivity index (χ1n) is 14.5. The van der Waals surface area contributed by atoms with Crippen molar-refractivity contribution >= 4 is 0 Å². The first-order valence-corrected chi connectivity index (χ1v) is 14.5. The van der Waals surface area contributed by atoms with Crippen LogP contribution in [0, 0.1) is 0 Å². The SMILES string of the molecule is NCCCN.NCCCN.NCCCN.NCCCN.NCCCN.NCCCN.NCCCN.NCCCN.O.O.[Br-].[Br-].[Br-].[Br-].[Br-].[Br-].[Ni+2].[Ni+2].[Ni+2].[OH3+].[OH3+]. The predicted octanol–water partition coefficient (Wildman–Crippen LogP) is -27.1. The summed E-state index contributed by atoms with van der Waals surface area (Å²) < 4.78 is 0. The maximum Gasteiger partial charge on any atom is 2.00 e. The molecule has 42 N–H and O–H groups in total. The molecule has 0 spiro atoms. The topological polar surface area (TPSA) is 545 Å². The Morgan fingerprint density at radius 3 is 0.208 bits per heavy atom. The summed E-state index contributed by atoms with van der Waals surface area (Å²) in [5.41, 5.74) is 80.9. The van der Waals surface area contributed by atoms with Crippen molar-refractivity contribution in [2.45, 2.75) is 51.4 Å². The molecule has 0 rings (SSSR count). The number of hydrogen-bond donors (Lipinski definition) is 16. The fraction of sp³-hybridized carbons (Fsp3) is 1.00. The molecule has 0 saturated heterocycles. The number of rotatable bonds is 16. The monoisotopic (exact) mass is 1310 g/mol. The van der Waals surface area contributed by atoms with Crippen molar-refractivity contribution in [3.63, 3.8) is 0 Å². The van der Waals surface area contributed by atoms with E-state index < -0.39 is 0 Å². The summed E-state index contributed by atoms with van der Waals surface area (Å²) in [7, 11) is 0. The van der Waals surface area contributed by atoms with Gasteiger partial charge in [-0.15, -0.1) is 0 Å². The van der Waals surface area contributed by atoms with Gasteiger partial charge in [-0.2, -0.15) is 0 Å². The molecule has 0 aliphatic rings. The third-order valence-corrected chi connectivity index (χ3v) is 3.27. The Labute approximate surface area is 417 Å². The van der Waals surface area contributed by atoms with Crippen LogP contribution in [0.15, 0.2) is 0 Å². The van der Waals surface area contributed by atoms with E-state index in [1.807, 2.05) is 0 Å². The largest absolute Gasteiger partial charge is 2.00 e. The summed E-state index contributed by atoms with van der Waals surface area (Å²) in [4.78, 5) is 0. The van der Waals surface area contributed by atoms with Gasteiger partial charge in [0.05, 0.1) is 0 Å². The van der Waals surface area contributed by atoms with Crippen molar-refractivity contribution in [3.8, 4) is 0 Å². The Balaban J connectivity index is -0.0000000112. The Bertz CT molecular complexity index is 233. The molecule has 0 aromatic carbocycles. The minimum atomic E-state index is 0. The standard InChI is InChI=1S/8C3H10N2.6BrH.3Ni.4H2O/c8*4-2-1-3-5;;;;;;;;;;;;;/h8*1-5H2;6*1H;;;;4*1H2/q;;;;;;;;;;;;;;3*+2;;;;/p-4. The Morgan fingerprint density at radius 2 is 0.208 bits per heavy atom. The first kappa shape index (κ1) is 138. The van der Waals surface area contributed by atoms with E-state index in [4.69, 9.17) is 91.7 Å². The van der Waals surface area contributed by atoms with Crippen LogP contribution in [0.3, 0.4) is 0 Å². The maximum absolute atomic E-state index is 5.06. The molecule has 53 heavy (non-hydrogen) atoms. The Kier molecular flexibility index (Phi) is 567. The summed E-state index contributed by atoms with van der Waals surface area (Å²) in [6.45, 7) is 11.5. The van der Waals surface area contributed by atoms with E-state index in [0.29, 0.717) is 0 Å². The zero-order valence-electron chi connectivity index (χ0n) is 31.6. The first-order chi connectivity index (χ1) is 19.3. The molecule has 0 radical (unpaired) electrons. The van der Waals surface area contributed by atoms with E-state index in [1.165, 1.54) is 0 Å². The summed E-state index contributed by atoms with van der Waals surface area (Å²) in [6, 6.07) is 0. The smallest absolute Gasteiger partial charge is 1.00 e. The Morgan fingerprint density at radius 1 is 0.170 bits per heavy atom. The van der Waals surface area contributed by atoms with Crippen LogP contribution in [0.4, 0.5) is 0 Å². The van der Waals surface area contributed by atoms with Crippen molar-refractivity contribution in [2.24, 2.45) is 91.7 Å². The zero-order chi connectivity index (χ0) is 33.0. The van der Waals surface area contributed by atoms with Gasteiger partial charge in [0.2, 0.25) is 0 Å². The molecule has 0 aromatic rings. The minimum Gasteiger partial charge on any atom is -1.00 e.